The zero-order valence-electron chi connectivity index (χ0n) is 15.6. The number of carbonyl (C=O) groups is 1. The van der Waals surface area contributed by atoms with Crippen molar-refractivity contribution in [2.24, 2.45) is 0 Å². The van der Waals surface area contributed by atoms with Gasteiger partial charge in [-0.05, 0) is 48.7 Å². The summed E-state index contributed by atoms with van der Waals surface area (Å²) < 4.78 is 16.1. The molecule has 28 heavy (non-hydrogen) atoms. The van der Waals surface area contributed by atoms with Gasteiger partial charge in [-0.25, -0.2) is 9.37 Å². The lowest BCUT2D eigenvalue weighted by molar-refractivity contribution is -0.116. The van der Waals surface area contributed by atoms with E-state index < -0.39 is 0 Å². The van der Waals surface area contributed by atoms with E-state index in [1.807, 2.05) is 25.1 Å². The topological polar surface area (TPSA) is 76.0 Å². The Morgan fingerprint density at radius 2 is 2.18 bits per heavy atom. The Morgan fingerprint density at radius 1 is 1.32 bits per heavy atom. The molecule has 0 saturated carbocycles. The number of para-hydroxylation sites is 1. The first-order chi connectivity index (χ1) is 13.5. The summed E-state index contributed by atoms with van der Waals surface area (Å²) in [5.74, 6) is -0.712. The molecule has 7 heteroatoms. The first-order valence-electron chi connectivity index (χ1n) is 9.30. The third-order valence-corrected chi connectivity index (χ3v) is 5.12. The highest BCUT2D eigenvalue weighted by atomic mass is 19.1. The Hall–Kier alpha value is -3.06. The molecule has 0 radical (unpaired) electrons. The van der Waals surface area contributed by atoms with Crippen molar-refractivity contribution >= 4 is 22.5 Å². The molecule has 0 bridgehead atoms. The first kappa shape index (κ1) is 18.3. The molecule has 2 heterocycles. The van der Waals surface area contributed by atoms with E-state index in [0.29, 0.717) is 29.4 Å². The molecule has 1 aromatic heterocycles. The number of hydrogen-bond donors (Lipinski definition) is 2. The van der Waals surface area contributed by atoms with Crippen molar-refractivity contribution < 1.29 is 9.18 Å². The van der Waals surface area contributed by atoms with E-state index in [0.717, 1.165) is 17.7 Å². The molecule has 4 rings (SSSR count). The summed E-state index contributed by atoms with van der Waals surface area (Å²) in [6.07, 6.45) is 2.11. The lowest BCUT2D eigenvalue weighted by atomic mass is 9.99. The van der Waals surface area contributed by atoms with E-state index in [1.165, 1.54) is 10.9 Å². The van der Waals surface area contributed by atoms with Crippen molar-refractivity contribution in [3.63, 3.8) is 0 Å². The van der Waals surface area contributed by atoms with Crippen LogP contribution in [0.15, 0.2) is 41.5 Å². The molecule has 3 aromatic rings. The number of aryl methyl sites for hydroxylation is 2. The van der Waals surface area contributed by atoms with E-state index in [-0.39, 0.29) is 35.9 Å². The van der Waals surface area contributed by atoms with Crippen LogP contribution in [-0.4, -0.2) is 22.0 Å². The van der Waals surface area contributed by atoms with Gasteiger partial charge in [-0.2, -0.15) is 0 Å². The fraction of sp³-hybridized carbons (Fsp3) is 0.286. The number of halogens is 1. The lowest BCUT2D eigenvalue weighted by Crippen LogP contribution is -2.26. The van der Waals surface area contributed by atoms with Crippen molar-refractivity contribution in [1.82, 2.24) is 14.9 Å². The van der Waals surface area contributed by atoms with Crippen LogP contribution in [0.2, 0.25) is 0 Å². The summed E-state index contributed by atoms with van der Waals surface area (Å²) in [5.41, 5.74) is 3.17. The van der Waals surface area contributed by atoms with Crippen LogP contribution in [0.4, 0.5) is 10.1 Å². The highest BCUT2D eigenvalue weighted by Crippen LogP contribution is 2.24. The number of benzene rings is 2. The smallest absolute Gasteiger partial charge is 0.261 e. The Bertz CT molecular complexity index is 1120. The standard InChI is InChI=1S/C21H21FN4O2/c1-13-3-2-4-16-20(13)24-12-26(21(16)28)10-8-18(27)25-17-6-5-14-11-23-9-7-15(14)19(17)22/h2-6,12,23H,7-11H2,1H3,(H,25,27). The van der Waals surface area contributed by atoms with Gasteiger partial charge in [0, 0.05) is 19.5 Å². The van der Waals surface area contributed by atoms with Gasteiger partial charge in [-0.1, -0.05) is 18.2 Å². The summed E-state index contributed by atoms with van der Waals surface area (Å²) in [6, 6.07) is 8.86. The molecule has 1 aliphatic rings. The zero-order valence-corrected chi connectivity index (χ0v) is 15.6. The summed E-state index contributed by atoms with van der Waals surface area (Å²) in [6.45, 7) is 3.43. The minimum atomic E-state index is -0.368. The Balaban J connectivity index is 1.48. The first-order valence-corrected chi connectivity index (χ1v) is 9.30. The fourth-order valence-corrected chi connectivity index (χ4v) is 3.56. The van der Waals surface area contributed by atoms with Crippen LogP contribution in [-0.2, 0) is 24.3 Å². The van der Waals surface area contributed by atoms with Crippen LogP contribution >= 0.6 is 0 Å². The normalized spacial score (nSPS) is 13.4. The van der Waals surface area contributed by atoms with Gasteiger partial charge in [-0.3, -0.25) is 14.2 Å². The number of amides is 1. The third-order valence-electron chi connectivity index (χ3n) is 5.12. The minimum Gasteiger partial charge on any atom is -0.324 e. The quantitative estimate of drug-likeness (QED) is 0.729. The van der Waals surface area contributed by atoms with Crippen LogP contribution in [0.3, 0.4) is 0 Å². The largest absolute Gasteiger partial charge is 0.324 e. The number of anilines is 1. The monoisotopic (exact) mass is 380 g/mol. The fourth-order valence-electron chi connectivity index (χ4n) is 3.56. The molecular weight excluding hydrogens is 359 g/mol. The summed E-state index contributed by atoms with van der Waals surface area (Å²) in [7, 11) is 0. The van der Waals surface area contributed by atoms with Crippen LogP contribution in [0.5, 0.6) is 0 Å². The zero-order chi connectivity index (χ0) is 19.7. The lowest BCUT2D eigenvalue weighted by Gasteiger charge is -2.19. The van der Waals surface area contributed by atoms with Crippen LogP contribution in [0.1, 0.15) is 23.1 Å². The maximum Gasteiger partial charge on any atom is 0.261 e. The maximum atomic E-state index is 14.6. The highest BCUT2D eigenvalue weighted by molar-refractivity contribution is 5.91. The van der Waals surface area contributed by atoms with Crippen LogP contribution in [0, 0.1) is 12.7 Å². The van der Waals surface area contributed by atoms with Gasteiger partial charge in [0.05, 0.1) is 22.9 Å². The van der Waals surface area contributed by atoms with Crippen LogP contribution < -0.4 is 16.2 Å². The minimum absolute atomic E-state index is 0.0526. The van der Waals surface area contributed by atoms with E-state index in [2.05, 4.69) is 15.6 Å². The van der Waals surface area contributed by atoms with Crippen molar-refractivity contribution in [1.29, 1.82) is 0 Å². The van der Waals surface area contributed by atoms with Gasteiger partial charge in [0.1, 0.15) is 5.82 Å². The van der Waals surface area contributed by atoms with Gasteiger partial charge in [0.25, 0.3) is 5.56 Å². The summed E-state index contributed by atoms with van der Waals surface area (Å²) >= 11 is 0. The number of nitrogens with zero attached hydrogens (tertiary/aromatic N) is 2. The molecule has 2 aromatic carbocycles. The molecule has 6 nitrogen and oxygen atoms in total. The Labute approximate surface area is 161 Å². The molecular formula is C21H21FN4O2. The third kappa shape index (κ3) is 3.41. The number of hydrogen-bond acceptors (Lipinski definition) is 4. The molecule has 0 atom stereocenters. The second kappa shape index (κ2) is 7.52. The van der Waals surface area contributed by atoms with Crippen molar-refractivity contribution in [3.8, 4) is 0 Å². The van der Waals surface area contributed by atoms with Gasteiger partial charge in [0.15, 0.2) is 0 Å². The second-order valence-corrected chi connectivity index (χ2v) is 7.00. The number of rotatable bonds is 4. The molecule has 1 amide bonds. The highest BCUT2D eigenvalue weighted by Gasteiger charge is 2.17. The van der Waals surface area contributed by atoms with Gasteiger partial charge < -0.3 is 10.6 Å². The summed E-state index contributed by atoms with van der Waals surface area (Å²) in [4.78, 5) is 29.2. The van der Waals surface area contributed by atoms with E-state index in [9.17, 15) is 14.0 Å². The molecule has 0 aliphatic carbocycles. The Kier molecular flexibility index (Phi) is 4.92. The Morgan fingerprint density at radius 3 is 3.04 bits per heavy atom. The SMILES string of the molecule is Cc1cccc2c(=O)n(CCC(=O)Nc3ccc4c(c3F)CCNC4)cnc12. The van der Waals surface area contributed by atoms with E-state index in [1.54, 1.807) is 12.1 Å². The van der Waals surface area contributed by atoms with Crippen molar-refractivity contribution in [3.05, 3.63) is 69.5 Å². The number of fused-ring (bicyclic) bond motifs is 2. The molecule has 144 valence electrons. The van der Waals surface area contributed by atoms with Gasteiger partial charge in [0.2, 0.25) is 5.91 Å². The van der Waals surface area contributed by atoms with E-state index >= 15 is 0 Å². The molecule has 2 N–H and O–H groups in total. The predicted molar refractivity (Wildman–Crippen MR) is 106 cm³/mol. The molecule has 1 aliphatic heterocycles. The predicted octanol–water partition coefficient (Wildman–Crippen LogP) is 2.52. The molecule has 0 unspecified atom stereocenters. The second-order valence-electron chi connectivity index (χ2n) is 7.00. The summed E-state index contributed by atoms with van der Waals surface area (Å²) in [5, 5.41) is 6.35. The maximum absolute atomic E-state index is 14.6. The average molecular weight is 380 g/mol. The van der Waals surface area contributed by atoms with Crippen molar-refractivity contribution in [2.75, 3.05) is 11.9 Å². The van der Waals surface area contributed by atoms with Crippen LogP contribution in [0.25, 0.3) is 10.9 Å². The number of aromatic nitrogens is 2. The van der Waals surface area contributed by atoms with Gasteiger partial charge >= 0.3 is 0 Å². The molecule has 0 saturated heterocycles. The molecule has 0 fully saturated rings. The average Bonchev–Trinajstić information content (AvgIpc) is 2.70. The molecule has 0 spiro atoms. The van der Waals surface area contributed by atoms with Crippen molar-refractivity contribution in [2.45, 2.75) is 32.9 Å². The number of nitrogens with one attached hydrogen (secondary N) is 2. The number of carbonyl (C=O) groups excluding carboxylic acids is 1. The van der Waals surface area contributed by atoms with Gasteiger partial charge in [-0.15, -0.1) is 0 Å². The van der Waals surface area contributed by atoms with E-state index in [4.69, 9.17) is 0 Å².